The molecule has 0 nitrogen and oxygen atoms in total. The summed E-state index contributed by atoms with van der Waals surface area (Å²) in [6, 6.07) is 21.7. The van der Waals surface area contributed by atoms with Crippen LogP contribution in [0.1, 0.15) is 5.56 Å². The van der Waals surface area contributed by atoms with Crippen molar-refractivity contribution in [3.8, 4) is 0 Å². The van der Waals surface area contributed by atoms with E-state index in [1.807, 2.05) is 0 Å². The molecule has 3 rings (SSSR count). The van der Waals surface area contributed by atoms with Crippen molar-refractivity contribution in [1.29, 1.82) is 0 Å². The van der Waals surface area contributed by atoms with Gasteiger partial charge in [-0.15, -0.1) is 0 Å². The molecule has 0 aliphatic heterocycles. The van der Waals surface area contributed by atoms with Gasteiger partial charge in [0.1, 0.15) is 0 Å². The molecule has 1 heterocycles. The van der Waals surface area contributed by atoms with E-state index in [-0.39, 0.29) is 0 Å². The summed E-state index contributed by atoms with van der Waals surface area (Å²) < 4.78 is 0. The van der Waals surface area contributed by atoms with E-state index in [1.54, 1.807) is 11.3 Å². The van der Waals surface area contributed by atoms with Gasteiger partial charge in [-0.25, -0.2) is 0 Å². The van der Waals surface area contributed by atoms with Crippen LogP contribution in [-0.2, 0) is 0 Å². The zero-order chi connectivity index (χ0) is 13.1. The third-order valence-electron chi connectivity index (χ3n) is 3.10. The molecule has 0 bridgehead atoms. The fraction of sp³-hybridized carbons (Fsp3) is 0.0588. The van der Waals surface area contributed by atoms with Gasteiger partial charge in [-0.3, -0.25) is 0 Å². The first-order valence-electron chi connectivity index (χ1n) is 6.29. The minimum Gasteiger partial charge on any atom is -0.151 e. The molecule has 0 atom stereocenters. The average Bonchev–Trinajstić information content (AvgIpc) is 2.88. The van der Waals surface area contributed by atoms with Crippen molar-refractivity contribution in [3.63, 3.8) is 0 Å². The smallest absolute Gasteiger partial charge is 0.000687 e. The van der Waals surface area contributed by atoms with Crippen molar-refractivity contribution in [3.05, 3.63) is 77.0 Å². The lowest BCUT2D eigenvalue weighted by atomic mass is 10.4. The van der Waals surface area contributed by atoms with Gasteiger partial charge in [-0.2, -0.15) is 11.3 Å². The minimum atomic E-state index is -0.419. The number of aryl methyl sites for hydroxylation is 1. The number of thiophene rings is 1. The zero-order valence-corrected chi connectivity index (χ0v) is 12.5. The fourth-order valence-electron chi connectivity index (χ4n) is 2.16. The molecule has 19 heavy (non-hydrogen) atoms. The van der Waals surface area contributed by atoms with Gasteiger partial charge in [0.15, 0.2) is 0 Å². The standard InChI is InChI=1S/C17H15PS/c1-14-12-19-13-17(14)18(15-8-4-2-5-9-15)16-10-6-3-7-11-16/h2-13H,1H3. The Morgan fingerprint density at radius 2 is 1.26 bits per heavy atom. The molecule has 0 aliphatic rings. The van der Waals surface area contributed by atoms with Crippen LogP contribution in [0.25, 0.3) is 0 Å². The Hall–Kier alpha value is -1.43. The van der Waals surface area contributed by atoms with Gasteiger partial charge >= 0.3 is 0 Å². The van der Waals surface area contributed by atoms with Crippen molar-refractivity contribution in [2.45, 2.75) is 6.92 Å². The van der Waals surface area contributed by atoms with Gasteiger partial charge in [0.25, 0.3) is 0 Å². The molecular weight excluding hydrogens is 267 g/mol. The van der Waals surface area contributed by atoms with Crippen LogP contribution < -0.4 is 15.9 Å². The average molecular weight is 282 g/mol. The van der Waals surface area contributed by atoms with Crippen LogP contribution in [0.3, 0.4) is 0 Å². The maximum Gasteiger partial charge on any atom is -0.000687 e. The van der Waals surface area contributed by atoms with E-state index in [9.17, 15) is 0 Å². The first-order chi connectivity index (χ1) is 9.36. The number of benzene rings is 2. The summed E-state index contributed by atoms with van der Waals surface area (Å²) in [4.78, 5) is 0. The minimum absolute atomic E-state index is 0.419. The lowest BCUT2D eigenvalue weighted by Crippen LogP contribution is -2.20. The largest absolute Gasteiger partial charge is 0.151 e. The van der Waals surface area contributed by atoms with Crippen molar-refractivity contribution >= 4 is 35.2 Å². The van der Waals surface area contributed by atoms with E-state index in [4.69, 9.17) is 0 Å². The molecule has 0 unspecified atom stereocenters. The summed E-state index contributed by atoms with van der Waals surface area (Å²) in [6.07, 6.45) is 0. The first-order valence-corrected chi connectivity index (χ1v) is 8.58. The molecule has 0 amide bonds. The third kappa shape index (κ3) is 2.63. The highest BCUT2D eigenvalue weighted by Gasteiger charge is 2.18. The Morgan fingerprint density at radius 3 is 1.68 bits per heavy atom. The number of hydrogen-bond donors (Lipinski definition) is 0. The Labute approximate surface area is 119 Å². The molecule has 2 aromatic carbocycles. The fourth-order valence-corrected chi connectivity index (χ4v) is 5.78. The highest BCUT2D eigenvalue weighted by molar-refractivity contribution is 7.80. The summed E-state index contributed by atoms with van der Waals surface area (Å²) in [5, 5.41) is 8.88. The van der Waals surface area contributed by atoms with Crippen LogP contribution in [0.4, 0.5) is 0 Å². The van der Waals surface area contributed by atoms with Crippen LogP contribution in [0, 0.1) is 6.92 Å². The SMILES string of the molecule is Cc1cscc1P(c1ccccc1)c1ccccc1. The molecule has 0 fully saturated rings. The Bertz CT molecular complexity index is 604. The second-order valence-corrected chi connectivity index (χ2v) is 7.38. The van der Waals surface area contributed by atoms with Gasteiger partial charge in [0, 0.05) is 0 Å². The molecule has 94 valence electrons. The monoisotopic (exact) mass is 282 g/mol. The molecule has 0 saturated heterocycles. The summed E-state index contributed by atoms with van der Waals surface area (Å²) >= 11 is 1.80. The Morgan fingerprint density at radius 1 is 0.737 bits per heavy atom. The molecule has 3 aromatic rings. The first kappa shape index (κ1) is 12.6. The summed E-state index contributed by atoms with van der Waals surface area (Å²) in [6.45, 7) is 2.22. The van der Waals surface area contributed by atoms with E-state index in [2.05, 4.69) is 78.3 Å². The molecule has 1 aromatic heterocycles. The normalized spacial score (nSPS) is 10.8. The van der Waals surface area contributed by atoms with Crippen LogP contribution in [0.5, 0.6) is 0 Å². The van der Waals surface area contributed by atoms with Crippen molar-refractivity contribution in [2.75, 3.05) is 0 Å². The molecular formula is C17H15PS. The zero-order valence-electron chi connectivity index (χ0n) is 10.8. The second-order valence-electron chi connectivity index (χ2n) is 4.45. The van der Waals surface area contributed by atoms with E-state index in [0.29, 0.717) is 0 Å². The maximum absolute atomic E-state index is 2.31. The number of rotatable bonds is 3. The summed E-state index contributed by atoms with van der Waals surface area (Å²) in [7, 11) is -0.419. The van der Waals surface area contributed by atoms with Crippen molar-refractivity contribution < 1.29 is 0 Å². The number of hydrogen-bond acceptors (Lipinski definition) is 1. The van der Waals surface area contributed by atoms with E-state index in [1.165, 1.54) is 21.5 Å². The van der Waals surface area contributed by atoms with E-state index in [0.717, 1.165) is 0 Å². The molecule has 0 aliphatic carbocycles. The summed E-state index contributed by atoms with van der Waals surface area (Å²) in [5.41, 5.74) is 1.41. The quantitative estimate of drug-likeness (QED) is 0.641. The molecule has 0 radical (unpaired) electrons. The maximum atomic E-state index is 2.31. The van der Waals surface area contributed by atoms with Gasteiger partial charge < -0.3 is 0 Å². The van der Waals surface area contributed by atoms with Crippen LogP contribution in [-0.4, -0.2) is 0 Å². The summed E-state index contributed by atoms with van der Waals surface area (Å²) in [5.74, 6) is 0. The van der Waals surface area contributed by atoms with Gasteiger partial charge in [0.05, 0.1) is 0 Å². The predicted octanol–water partition coefficient (Wildman–Crippen LogP) is 3.81. The van der Waals surface area contributed by atoms with Crippen LogP contribution in [0.2, 0.25) is 0 Å². The Balaban J connectivity index is 2.15. The Kier molecular flexibility index (Phi) is 3.77. The van der Waals surface area contributed by atoms with Crippen LogP contribution in [0.15, 0.2) is 71.4 Å². The lowest BCUT2D eigenvalue weighted by Gasteiger charge is -2.18. The van der Waals surface area contributed by atoms with Crippen LogP contribution >= 0.6 is 19.3 Å². The lowest BCUT2D eigenvalue weighted by molar-refractivity contribution is 1.60. The van der Waals surface area contributed by atoms with Gasteiger partial charge in [-0.05, 0) is 47.1 Å². The molecule has 0 saturated carbocycles. The molecule has 2 heteroatoms. The second kappa shape index (κ2) is 5.69. The molecule has 0 N–H and O–H groups in total. The third-order valence-corrected chi connectivity index (χ3v) is 6.73. The van der Waals surface area contributed by atoms with Crippen molar-refractivity contribution in [1.82, 2.24) is 0 Å². The topological polar surface area (TPSA) is 0 Å². The van der Waals surface area contributed by atoms with Gasteiger partial charge in [-0.1, -0.05) is 60.7 Å². The highest BCUT2D eigenvalue weighted by Crippen LogP contribution is 2.34. The van der Waals surface area contributed by atoms with E-state index >= 15 is 0 Å². The van der Waals surface area contributed by atoms with E-state index < -0.39 is 7.92 Å². The predicted molar refractivity (Wildman–Crippen MR) is 87.8 cm³/mol. The molecule has 0 spiro atoms. The van der Waals surface area contributed by atoms with Gasteiger partial charge in [0.2, 0.25) is 0 Å². The van der Waals surface area contributed by atoms with Crippen molar-refractivity contribution in [2.24, 2.45) is 0 Å². The highest BCUT2D eigenvalue weighted by atomic mass is 32.1.